The zero-order valence-electron chi connectivity index (χ0n) is 18.6. The minimum absolute atomic E-state index is 0.0841. The van der Waals surface area contributed by atoms with Crippen LogP contribution in [0.2, 0.25) is 0 Å². The summed E-state index contributed by atoms with van der Waals surface area (Å²) in [6.07, 6.45) is 0.884. The molecular weight excluding hydrogens is 474 g/mol. The van der Waals surface area contributed by atoms with E-state index in [0.29, 0.717) is 33.4 Å². The molecular formula is C23H19N5O6S. The molecule has 0 bridgehead atoms. The number of aromatic nitrogens is 4. The van der Waals surface area contributed by atoms with Crippen LogP contribution in [0.1, 0.15) is 18.6 Å². The number of fused-ring (bicyclic) bond motifs is 1. The minimum atomic E-state index is -3.52. The molecule has 0 saturated carbocycles. The average Bonchev–Trinajstić information content (AvgIpc) is 3.34. The van der Waals surface area contributed by atoms with Crippen molar-refractivity contribution >= 4 is 32.9 Å². The van der Waals surface area contributed by atoms with Gasteiger partial charge in [0.05, 0.1) is 11.3 Å². The predicted molar refractivity (Wildman–Crippen MR) is 123 cm³/mol. The summed E-state index contributed by atoms with van der Waals surface area (Å²) in [5.41, 5.74) is 2.25. The molecule has 0 aliphatic carbocycles. The van der Waals surface area contributed by atoms with E-state index in [1.54, 1.807) is 42.6 Å². The van der Waals surface area contributed by atoms with E-state index in [1.807, 2.05) is 0 Å². The van der Waals surface area contributed by atoms with Crippen molar-refractivity contribution in [3.05, 3.63) is 60.4 Å². The third-order valence-electron chi connectivity index (χ3n) is 5.77. The third kappa shape index (κ3) is 3.67. The average molecular weight is 494 g/mol. The number of carbonyl (C=O) groups excluding carboxylic acids is 2. The molecule has 1 aliphatic heterocycles. The Morgan fingerprint density at radius 2 is 1.91 bits per heavy atom. The van der Waals surface area contributed by atoms with Crippen LogP contribution < -0.4 is 0 Å². The van der Waals surface area contributed by atoms with Gasteiger partial charge < -0.3 is 9.94 Å². The lowest BCUT2D eigenvalue weighted by Gasteiger charge is -2.14. The number of rotatable bonds is 5. The molecule has 1 aliphatic rings. The summed E-state index contributed by atoms with van der Waals surface area (Å²) in [4.78, 5) is 38.4. The van der Waals surface area contributed by atoms with Crippen molar-refractivity contribution in [2.75, 3.05) is 12.8 Å². The summed E-state index contributed by atoms with van der Waals surface area (Å²) in [6, 6.07) is 11.2. The Morgan fingerprint density at radius 3 is 2.51 bits per heavy atom. The lowest BCUT2D eigenvalue weighted by Crippen LogP contribution is -2.24. The van der Waals surface area contributed by atoms with Crippen molar-refractivity contribution in [2.24, 2.45) is 0 Å². The van der Waals surface area contributed by atoms with Crippen molar-refractivity contribution in [2.45, 2.75) is 18.1 Å². The molecule has 1 unspecified atom stereocenters. The molecule has 4 heterocycles. The number of cyclic esters (lactones) is 1. The topological polar surface area (TPSA) is 145 Å². The Labute approximate surface area is 199 Å². The summed E-state index contributed by atoms with van der Waals surface area (Å²) < 4.78 is 30.5. The second kappa shape index (κ2) is 8.17. The van der Waals surface area contributed by atoms with Crippen LogP contribution in [0.3, 0.4) is 0 Å². The lowest BCUT2D eigenvalue weighted by atomic mass is 9.96. The highest BCUT2D eigenvalue weighted by Gasteiger charge is 2.41. The molecule has 0 radical (unpaired) electrons. The maximum atomic E-state index is 12.8. The van der Waals surface area contributed by atoms with Crippen LogP contribution in [0.4, 0.5) is 4.79 Å². The van der Waals surface area contributed by atoms with Gasteiger partial charge in [-0.05, 0) is 42.0 Å². The Bertz CT molecular complexity index is 1580. The van der Waals surface area contributed by atoms with E-state index in [9.17, 15) is 23.2 Å². The van der Waals surface area contributed by atoms with E-state index < -0.39 is 27.9 Å². The molecule has 1 atom stereocenters. The highest BCUT2D eigenvalue weighted by atomic mass is 32.2. The third-order valence-corrected chi connectivity index (χ3v) is 7.41. The number of hydrogen-bond acceptors (Lipinski definition) is 9. The summed E-state index contributed by atoms with van der Waals surface area (Å²) in [5.74, 6) is -0.490. The van der Waals surface area contributed by atoms with Crippen LogP contribution in [0.25, 0.3) is 33.7 Å². The van der Waals surface area contributed by atoms with E-state index in [0.717, 1.165) is 9.63 Å². The molecule has 11 nitrogen and oxygen atoms in total. The van der Waals surface area contributed by atoms with Gasteiger partial charge in [0.25, 0.3) is 5.91 Å². The van der Waals surface area contributed by atoms with Crippen LogP contribution >= 0.6 is 0 Å². The predicted octanol–water partition coefficient (Wildman–Crippen LogP) is 2.84. The van der Waals surface area contributed by atoms with Gasteiger partial charge in [-0.15, -0.1) is 0 Å². The van der Waals surface area contributed by atoms with Crippen molar-refractivity contribution in [3.63, 3.8) is 0 Å². The number of sulfone groups is 1. The number of ether oxygens (including phenoxy) is 1. The van der Waals surface area contributed by atoms with Gasteiger partial charge in [-0.25, -0.2) is 28.1 Å². The molecule has 12 heteroatoms. The van der Waals surface area contributed by atoms with Crippen LogP contribution in [0.15, 0.2) is 59.9 Å². The van der Waals surface area contributed by atoms with Gasteiger partial charge in [0.1, 0.15) is 11.2 Å². The van der Waals surface area contributed by atoms with E-state index in [-0.39, 0.29) is 16.6 Å². The molecule has 1 fully saturated rings. The van der Waals surface area contributed by atoms with E-state index >= 15 is 0 Å². The van der Waals surface area contributed by atoms with E-state index in [1.165, 1.54) is 26.2 Å². The van der Waals surface area contributed by atoms with Gasteiger partial charge in [0.15, 0.2) is 20.7 Å². The molecule has 5 rings (SSSR count). The van der Waals surface area contributed by atoms with Crippen LogP contribution in [-0.4, -0.2) is 63.0 Å². The SMILES string of the molecule is CCS(=O)(=O)c1ccc(-c2cc3c(cc2C2OC(=O)N(C)C2=O)nc(-c2ccccn2)n3O)cn1. The van der Waals surface area contributed by atoms with Gasteiger partial charge in [-0.2, -0.15) is 4.73 Å². The maximum absolute atomic E-state index is 12.8. The zero-order chi connectivity index (χ0) is 24.9. The van der Waals surface area contributed by atoms with Crippen molar-refractivity contribution in [1.82, 2.24) is 24.6 Å². The normalized spacial score (nSPS) is 16.2. The molecule has 1 N–H and O–H groups in total. The molecule has 3 aromatic heterocycles. The molecule has 178 valence electrons. The fraction of sp³-hybridized carbons (Fsp3) is 0.174. The summed E-state index contributed by atoms with van der Waals surface area (Å²) >= 11 is 0. The molecule has 35 heavy (non-hydrogen) atoms. The first kappa shape index (κ1) is 22.5. The smallest absolute Gasteiger partial charge is 0.417 e. The monoisotopic (exact) mass is 493 g/mol. The first-order valence-corrected chi connectivity index (χ1v) is 12.2. The summed E-state index contributed by atoms with van der Waals surface area (Å²) in [7, 11) is -2.20. The van der Waals surface area contributed by atoms with Crippen LogP contribution in [-0.2, 0) is 19.4 Å². The molecule has 0 spiro atoms. The van der Waals surface area contributed by atoms with Gasteiger partial charge >= 0.3 is 6.09 Å². The maximum Gasteiger partial charge on any atom is 0.417 e. The van der Waals surface area contributed by atoms with Crippen molar-refractivity contribution in [1.29, 1.82) is 0 Å². The number of pyridine rings is 2. The Hall–Kier alpha value is -4.32. The fourth-order valence-electron chi connectivity index (χ4n) is 3.82. The molecule has 2 amide bonds. The van der Waals surface area contributed by atoms with E-state index in [4.69, 9.17) is 4.74 Å². The highest BCUT2D eigenvalue weighted by Crippen LogP contribution is 2.38. The Morgan fingerprint density at radius 1 is 1.11 bits per heavy atom. The van der Waals surface area contributed by atoms with E-state index in [2.05, 4.69) is 15.0 Å². The number of amides is 2. The molecule has 4 aromatic rings. The first-order valence-electron chi connectivity index (χ1n) is 10.6. The van der Waals surface area contributed by atoms with Crippen molar-refractivity contribution in [3.8, 4) is 22.6 Å². The second-order valence-corrected chi connectivity index (χ2v) is 10.1. The Kier molecular flexibility index (Phi) is 5.24. The Balaban J connectivity index is 1.72. The summed E-state index contributed by atoms with van der Waals surface area (Å²) in [5, 5.41) is 10.8. The number of carbonyl (C=O) groups is 2. The quantitative estimate of drug-likeness (QED) is 0.415. The minimum Gasteiger partial charge on any atom is -0.431 e. The zero-order valence-corrected chi connectivity index (χ0v) is 19.4. The number of benzene rings is 1. The van der Waals surface area contributed by atoms with Gasteiger partial charge in [0, 0.05) is 30.6 Å². The number of hydrogen-bond donors (Lipinski definition) is 1. The number of imide groups is 1. The van der Waals surface area contributed by atoms with Gasteiger partial charge in [-0.3, -0.25) is 9.78 Å². The fourth-order valence-corrected chi connectivity index (χ4v) is 4.60. The van der Waals surface area contributed by atoms with Gasteiger partial charge in [0.2, 0.25) is 6.10 Å². The number of nitrogens with zero attached hydrogens (tertiary/aromatic N) is 5. The van der Waals surface area contributed by atoms with Crippen LogP contribution in [0.5, 0.6) is 0 Å². The number of likely N-dealkylation sites (N-methyl/N-ethyl adjacent to an activating group) is 1. The largest absolute Gasteiger partial charge is 0.431 e. The van der Waals surface area contributed by atoms with Crippen molar-refractivity contribution < 1.29 is 28.0 Å². The standard InChI is InChI=1S/C23H19N5O6S/c1-3-35(32,33)19-8-7-13(12-25-19)14-11-18-17(10-15(14)20-22(29)27(2)23(30)34-20)26-21(28(18)31)16-6-4-5-9-24-16/h4-12,20,31H,3H2,1-2H3. The summed E-state index contributed by atoms with van der Waals surface area (Å²) in [6.45, 7) is 1.52. The number of imidazole rings is 1. The second-order valence-electron chi connectivity index (χ2n) is 7.84. The first-order chi connectivity index (χ1) is 16.7. The highest BCUT2D eigenvalue weighted by molar-refractivity contribution is 7.91. The molecule has 1 saturated heterocycles. The lowest BCUT2D eigenvalue weighted by molar-refractivity contribution is -0.129. The molecule has 1 aromatic carbocycles. The van der Waals surface area contributed by atoms with Gasteiger partial charge in [-0.1, -0.05) is 13.0 Å². The van der Waals surface area contributed by atoms with Crippen LogP contribution in [0, 0.1) is 0 Å².